The Balaban J connectivity index is 1.93. The maximum Gasteiger partial charge on any atom is 0.410 e. The van der Waals surface area contributed by atoms with E-state index in [1.165, 1.54) is 19.2 Å². The first-order valence-electron chi connectivity index (χ1n) is 7.98. The topological polar surface area (TPSA) is 45.3 Å². The fourth-order valence-electron chi connectivity index (χ4n) is 3.60. The van der Waals surface area contributed by atoms with Crippen molar-refractivity contribution < 1.29 is 13.9 Å². The van der Waals surface area contributed by atoms with E-state index in [0.29, 0.717) is 23.6 Å². The van der Waals surface area contributed by atoms with Crippen molar-refractivity contribution in [2.45, 2.75) is 12.5 Å². The zero-order chi connectivity index (χ0) is 17.6. The number of aromatic amines is 1. The Labute approximate surface area is 149 Å². The summed E-state index contributed by atoms with van der Waals surface area (Å²) in [6.45, 7) is 0.486. The number of methoxy groups -OCH3 is 1. The number of rotatable bonds is 1. The molecule has 4 nitrogen and oxygen atoms in total. The smallest absolute Gasteiger partial charge is 0.410 e. The highest BCUT2D eigenvalue weighted by Gasteiger charge is 2.35. The van der Waals surface area contributed by atoms with E-state index in [4.69, 9.17) is 16.3 Å². The Morgan fingerprint density at radius 3 is 2.92 bits per heavy atom. The molecule has 1 aliphatic rings. The highest BCUT2D eigenvalue weighted by molar-refractivity contribution is 6.31. The fraction of sp³-hybridized carbons (Fsp3) is 0.211. The average molecular weight is 359 g/mol. The minimum absolute atomic E-state index is 0.339. The minimum atomic E-state index is -0.434. The molecule has 0 spiro atoms. The quantitative estimate of drug-likeness (QED) is 0.686. The van der Waals surface area contributed by atoms with Gasteiger partial charge in [0.25, 0.3) is 0 Å². The summed E-state index contributed by atoms with van der Waals surface area (Å²) in [5, 5.41) is 1.69. The lowest BCUT2D eigenvalue weighted by Gasteiger charge is -2.35. The Hall–Kier alpha value is -2.53. The minimum Gasteiger partial charge on any atom is -0.453 e. The molecule has 1 amide bonds. The van der Waals surface area contributed by atoms with Gasteiger partial charge in [0.1, 0.15) is 11.9 Å². The predicted octanol–water partition coefficient (Wildman–Crippen LogP) is 4.67. The molecule has 1 aliphatic heterocycles. The van der Waals surface area contributed by atoms with Crippen LogP contribution in [0, 0.1) is 5.82 Å². The number of aromatic nitrogens is 1. The van der Waals surface area contributed by atoms with Crippen molar-refractivity contribution in [3.8, 4) is 0 Å². The van der Waals surface area contributed by atoms with Crippen LogP contribution in [0.1, 0.15) is 22.9 Å². The molecule has 1 atom stereocenters. The number of amides is 1. The summed E-state index contributed by atoms with van der Waals surface area (Å²) in [6, 6.07) is 11.5. The van der Waals surface area contributed by atoms with Crippen molar-refractivity contribution in [3.63, 3.8) is 0 Å². The molecule has 3 aromatic rings. The summed E-state index contributed by atoms with van der Waals surface area (Å²) in [7, 11) is 1.35. The lowest BCUT2D eigenvalue weighted by Crippen LogP contribution is -2.40. The molecule has 25 heavy (non-hydrogen) atoms. The van der Waals surface area contributed by atoms with E-state index in [9.17, 15) is 9.18 Å². The standard InChI is InChI=1S/C19H16ClFN2O2/c1-25-19(24)23-8-7-14-15-10-12(20)5-6-16(15)22-17(14)18(23)11-3-2-4-13(21)9-11/h2-6,9-10,18,22H,7-8H2,1H3. The summed E-state index contributed by atoms with van der Waals surface area (Å²) in [5.74, 6) is -0.339. The molecule has 0 saturated carbocycles. The number of benzene rings is 2. The second-order valence-corrected chi connectivity index (χ2v) is 6.51. The second-order valence-electron chi connectivity index (χ2n) is 6.08. The van der Waals surface area contributed by atoms with Crippen molar-refractivity contribution in [2.75, 3.05) is 13.7 Å². The Kier molecular flexibility index (Phi) is 3.88. The van der Waals surface area contributed by atoms with E-state index < -0.39 is 12.1 Å². The Morgan fingerprint density at radius 2 is 2.16 bits per heavy atom. The number of carbonyl (C=O) groups excluding carboxylic acids is 1. The van der Waals surface area contributed by atoms with E-state index >= 15 is 0 Å². The van der Waals surface area contributed by atoms with Crippen LogP contribution in [0.4, 0.5) is 9.18 Å². The van der Waals surface area contributed by atoms with Crippen LogP contribution in [-0.4, -0.2) is 29.6 Å². The summed E-state index contributed by atoms with van der Waals surface area (Å²) >= 11 is 6.15. The molecule has 1 unspecified atom stereocenters. The second kappa shape index (κ2) is 6.08. The number of nitrogens with zero attached hydrogens (tertiary/aromatic N) is 1. The van der Waals surface area contributed by atoms with E-state index in [0.717, 1.165) is 22.2 Å². The van der Waals surface area contributed by atoms with Gasteiger partial charge < -0.3 is 9.72 Å². The van der Waals surface area contributed by atoms with Gasteiger partial charge in [-0.1, -0.05) is 23.7 Å². The summed E-state index contributed by atoms with van der Waals surface area (Å²) in [4.78, 5) is 17.3. The number of ether oxygens (including phenoxy) is 1. The molecular weight excluding hydrogens is 343 g/mol. The van der Waals surface area contributed by atoms with Crippen LogP contribution >= 0.6 is 11.6 Å². The molecule has 1 N–H and O–H groups in total. The van der Waals surface area contributed by atoms with Gasteiger partial charge in [0.15, 0.2) is 0 Å². The number of nitrogens with one attached hydrogen (secondary N) is 1. The molecule has 2 aromatic carbocycles. The number of H-pyrrole nitrogens is 1. The SMILES string of the molecule is COC(=O)N1CCc2c([nH]c3ccc(Cl)cc23)C1c1cccc(F)c1. The molecular formula is C19H16ClFN2O2. The van der Waals surface area contributed by atoms with Gasteiger partial charge in [-0.3, -0.25) is 4.90 Å². The van der Waals surface area contributed by atoms with E-state index in [2.05, 4.69) is 4.98 Å². The lowest BCUT2D eigenvalue weighted by molar-refractivity contribution is 0.108. The van der Waals surface area contributed by atoms with Crippen LogP contribution in [0.15, 0.2) is 42.5 Å². The van der Waals surface area contributed by atoms with Gasteiger partial charge in [0, 0.05) is 28.2 Å². The number of carbonyl (C=O) groups is 1. The molecule has 0 radical (unpaired) electrons. The van der Waals surface area contributed by atoms with E-state index in [1.54, 1.807) is 11.0 Å². The predicted molar refractivity (Wildman–Crippen MR) is 94.4 cm³/mol. The van der Waals surface area contributed by atoms with Gasteiger partial charge in [0.05, 0.1) is 7.11 Å². The van der Waals surface area contributed by atoms with Gasteiger partial charge in [-0.2, -0.15) is 0 Å². The molecule has 0 saturated heterocycles. The molecule has 6 heteroatoms. The Bertz CT molecular complexity index is 969. The van der Waals surface area contributed by atoms with Crippen molar-refractivity contribution in [3.05, 3.63) is 70.1 Å². The van der Waals surface area contributed by atoms with Crippen molar-refractivity contribution >= 4 is 28.6 Å². The third-order valence-electron chi connectivity index (χ3n) is 4.66. The molecule has 2 heterocycles. The van der Waals surface area contributed by atoms with Crippen LogP contribution in [0.25, 0.3) is 10.9 Å². The van der Waals surface area contributed by atoms with Crippen LogP contribution in [0.2, 0.25) is 5.02 Å². The van der Waals surface area contributed by atoms with Gasteiger partial charge in [-0.05, 0) is 47.9 Å². The summed E-state index contributed by atoms with van der Waals surface area (Å²) in [6.07, 6.45) is 0.243. The highest BCUT2D eigenvalue weighted by atomic mass is 35.5. The van der Waals surface area contributed by atoms with Gasteiger partial charge >= 0.3 is 6.09 Å². The molecule has 128 valence electrons. The maximum atomic E-state index is 13.8. The van der Waals surface area contributed by atoms with Crippen LogP contribution in [0.5, 0.6) is 0 Å². The lowest BCUT2D eigenvalue weighted by atomic mass is 9.92. The van der Waals surface area contributed by atoms with Crippen molar-refractivity contribution in [2.24, 2.45) is 0 Å². The number of halogens is 2. The van der Waals surface area contributed by atoms with Crippen LogP contribution in [-0.2, 0) is 11.2 Å². The molecule has 4 rings (SSSR count). The van der Waals surface area contributed by atoms with Crippen molar-refractivity contribution in [1.82, 2.24) is 9.88 Å². The molecule has 0 fully saturated rings. The largest absolute Gasteiger partial charge is 0.453 e. The zero-order valence-electron chi connectivity index (χ0n) is 13.6. The third kappa shape index (κ3) is 2.65. The highest BCUT2D eigenvalue weighted by Crippen LogP contribution is 2.39. The summed E-state index contributed by atoms with van der Waals surface area (Å²) in [5.41, 5.74) is 3.62. The normalized spacial score (nSPS) is 16.8. The average Bonchev–Trinajstić information content (AvgIpc) is 2.98. The molecule has 0 aliphatic carbocycles. The first kappa shape index (κ1) is 16.0. The number of hydrogen-bond donors (Lipinski definition) is 1. The van der Waals surface area contributed by atoms with Crippen LogP contribution in [0.3, 0.4) is 0 Å². The van der Waals surface area contributed by atoms with E-state index in [-0.39, 0.29) is 5.82 Å². The molecule has 0 bridgehead atoms. The first-order chi connectivity index (χ1) is 12.1. The van der Waals surface area contributed by atoms with E-state index in [1.807, 2.05) is 24.3 Å². The first-order valence-corrected chi connectivity index (χ1v) is 8.36. The maximum absolute atomic E-state index is 13.8. The summed E-state index contributed by atoms with van der Waals surface area (Å²) < 4.78 is 18.7. The Morgan fingerprint density at radius 1 is 1.32 bits per heavy atom. The molecule has 1 aromatic heterocycles. The van der Waals surface area contributed by atoms with Gasteiger partial charge in [-0.15, -0.1) is 0 Å². The zero-order valence-corrected chi connectivity index (χ0v) is 14.3. The monoisotopic (exact) mass is 358 g/mol. The fourth-order valence-corrected chi connectivity index (χ4v) is 3.77. The van der Waals surface area contributed by atoms with Crippen molar-refractivity contribution in [1.29, 1.82) is 0 Å². The van der Waals surface area contributed by atoms with Gasteiger partial charge in [-0.25, -0.2) is 9.18 Å². The van der Waals surface area contributed by atoms with Crippen LogP contribution < -0.4 is 0 Å². The number of fused-ring (bicyclic) bond motifs is 3. The number of hydrogen-bond acceptors (Lipinski definition) is 2. The van der Waals surface area contributed by atoms with Gasteiger partial charge in [0.2, 0.25) is 0 Å². The third-order valence-corrected chi connectivity index (χ3v) is 4.90.